The van der Waals surface area contributed by atoms with Gasteiger partial charge in [-0.15, -0.1) is 0 Å². The number of nitrogens with one attached hydrogen (secondary N) is 1. The Morgan fingerprint density at radius 2 is 1.97 bits per heavy atom. The normalized spacial score (nSPS) is 16.9. The van der Waals surface area contributed by atoms with Crippen molar-refractivity contribution in [3.63, 3.8) is 0 Å². The predicted octanol–water partition coefficient (Wildman–Crippen LogP) is 4.43. The van der Waals surface area contributed by atoms with E-state index in [2.05, 4.69) is 32.9 Å². The average Bonchev–Trinajstić information content (AvgIpc) is 2.85. The number of amides is 1. The third kappa shape index (κ3) is 7.05. The Hall–Kier alpha value is -2.90. The van der Waals surface area contributed by atoms with Crippen molar-refractivity contribution in [3.8, 4) is 11.5 Å². The number of aromatic hydroxyl groups is 1. The lowest BCUT2D eigenvalue weighted by Crippen LogP contribution is -2.45. The number of rotatable bonds is 9. The molecule has 2 N–H and O–H groups in total. The van der Waals surface area contributed by atoms with E-state index in [1.54, 1.807) is 31.0 Å². The summed E-state index contributed by atoms with van der Waals surface area (Å²) >= 11 is 1.67. The number of carbonyl (C=O) groups is 1. The van der Waals surface area contributed by atoms with E-state index in [9.17, 15) is 9.90 Å². The molecule has 2 aliphatic rings. The second kappa shape index (κ2) is 12.0. The number of benzene rings is 2. The summed E-state index contributed by atoms with van der Waals surface area (Å²) in [5, 5.41) is 15.0. The first-order valence-electron chi connectivity index (χ1n) is 11.8. The lowest BCUT2D eigenvalue weighted by Gasteiger charge is -2.33. The van der Waals surface area contributed by atoms with Crippen LogP contribution in [0.3, 0.4) is 0 Å². The SMILES string of the molecule is COc1cccc(CC(=O)NC2CCN(CCCN3C=CSC(c4cccc(O)c4)=C3)CC2)c1. The number of likely N-dealkylation sites (tertiary alicyclic amines) is 1. The van der Waals surface area contributed by atoms with Gasteiger partial charge >= 0.3 is 0 Å². The largest absolute Gasteiger partial charge is 0.508 e. The first-order chi connectivity index (χ1) is 16.6. The third-order valence-corrected chi connectivity index (χ3v) is 7.06. The molecule has 2 heterocycles. The standard InChI is InChI=1S/C27H33N3O3S/c1-33-25-8-2-5-21(17-25)18-27(32)28-23-9-13-29(14-10-23)11-4-12-30-15-16-34-26(20-30)22-6-3-7-24(31)19-22/h2-3,5-8,15-17,19-20,23,31H,4,9-14,18H2,1H3,(H,28,32). The molecule has 4 rings (SSSR count). The molecule has 0 bridgehead atoms. The Morgan fingerprint density at radius 1 is 1.15 bits per heavy atom. The molecule has 1 amide bonds. The zero-order valence-corrected chi connectivity index (χ0v) is 20.5. The number of methoxy groups -OCH3 is 1. The second-order valence-corrected chi connectivity index (χ2v) is 9.70. The highest BCUT2D eigenvalue weighted by Crippen LogP contribution is 2.33. The van der Waals surface area contributed by atoms with E-state index in [0.29, 0.717) is 12.2 Å². The van der Waals surface area contributed by atoms with E-state index in [1.165, 1.54) is 0 Å². The van der Waals surface area contributed by atoms with Crippen molar-refractivity contribution in [1.29, 1.82) is 0 Å². The molecule has 0 saturated carbocycles. The van der Waals surface area contributed by atoms with Gasteiger partial charge in [-0.1, -0.05) is 36.0 Å². The Labute approximate surface area is 206 Å². The molecule has 2 aliphatic heterocycles. The first kappa shape index (κ1) is 24.2. The summed E-state index contributed by atoms with van der Waals surface area (Å²) in [5.74, 6) is 1.15. The van der Waals surface area contributed by atoms with Gasteiger partial charge in [0.25, 0.3) is 0 Å². The van der Waals surface area contributed by atoms with Gasteiger partial charge in [-0.25, -0.2) is 0 Å². The number of ether oxygens (including phenoxy) is 1. The Kier molecular flexibility index (Phi) is 8.55. The van der Waals surface area contributed by atoms with Crippen molar-refractivity contribution >= 4 is 22.6 Å². The van der Waals surface area contributed by atoms with Gasteiger partial charge in [-0.2, -0.15) is 0 Å². The van der Waals surface area contributed by atoms with Crippen LogP contribution in [0.25, 0.3) is 4.91 Å². The monoisotopic (exact) mass is 479 g/mol. The summed E-state index contributed by atoms with van der Waals surface area (Å²) in [6.07, 6.45) is 7.71. The molecular weight excluding hydrogens is 446 g/mol. The summed E-state index contributed by atoms with van der Waals surface area (Å²) in [6, 6.07) is 15.3. The molecule has 1 fully saturated rings. The molecule has 0 aromatic heterocycles. The molecule has 0 spiro atoms. The van der Waals surface area contributed by atoms with Crippen LogP contribution in [-0.4, -0.2) is 60.1 Å². The third-order valence-electron chi connectivity index (χ3n) is 6.20. The van der Waals surface area contributed by atoms with Crippen molar-refractivity contribution in [2.24, 2.45) is 0 Å². The smallest absolute Gasteiger partial charge is 0.224 e. The summed E-state index contributed by atoms with van der Waals surface area (Å²) in [5.41, 5.74) is 2.01. The van der Waals surface area contributed by atoms with Crippen LogP contribution >= 0.6 is 11.8 Å². The highest BCUT2D eigenvalue weighted by atomic mass is 32.2. The minimum atomic E-state index is 0.0794. The van der Waals surface area contributed by atoms with Gasteiger partial charge < -0.3 is 25.0 Å². The lowest BCUT2D eigenvalue weighted by molar-refractivity contribution is -0.121. The number of hydrogen-bond acceptors (Lipinski definition) is 6. The average molecular weight is 480 g/mol. The quantitative estimate of drug-likeness (QED) is 0.555. The van der Waals surface area contributed by atoms with Gasteiger partial charge in [-0.3, -0.25) is 4.79 Å². The number of carbonyl (C=O) groups excluding carboxylic acids is 1. The fourth-order valence-corrected chi connectivity index (χ4v) is 5.19. The molecule has 1 saturated heterocycles. The van der Waals surface area contributed by atoms with Gasteiger partial charge in [0.2, 0.25) is 5.91 Å². The van der Waals surface area contributed by atoms with Crippen LogP contribution < -0.4 is 10.1 Å². The number of piperidine rings is 1. The maximum Gasteiger partial charge on any atom is 0.224 e. The summed E-state index contributed by atoms with van der Waals surface area (Å²) < 4.78 is 5.24. The van der Waals surface area contributed by atoms with Gasteiger partial charge in [-0.05, 0) is 66.6 Å². The molecular formula is C27H33N3O3S. The maximum atomic E-state index is 12.5. The Balaban J connectivity index is 1.16. The van der Waals surface area contributed by atoms with Crippen LogP contribution in [0.1, 0.15) is 30.4 Å². The van der Waals surface area contributed by atoms with Crippen molar-refractivity contribution in [2.75, 3.05) is 33.3 Å². The minimum absolute atomic E-state index is 0.0794. The molecule has 0 atom stereocenters. The number of thioether (sulfide) groups is 1. The number of hydrogen-bond donors (Lipinski definition) is 2. The Bertz CT molecular complexity index is 1030. The molecule has 180 valence electrons. The zero-order valence-electron chi connectivity index (χ0n) is 19.7. The van der Waals surface area contributed by atoms with Crippen LogP contribution in [0.15, 0.2) is 66.3 Å². The summed E-state index contributed by atoms with van der Waals surface area (Å²) in [4.78, 5) is 18.3. The van der Waals surface area contributed by atoms with E-state index in [1.807, 2.05) is 36.4 Å². The van der Waals surface area contributed by atoms with Crippen LogP contribution in [0.5, 0.6) is 11.5 Å². The van der Waals surface area contributed by atoms with E-state index in [0.717, 1.165) is 67.2 Å². The fourth-order valence-electron chi connectivity index (χ4n) is 4.37. The number of phenols is 1. The molecule has 0 unspecified atom stereocenters. The summed E-state index contributed by atoms with van der Waals surface area (Å²) in [6.45, 7) is 4.04. The van der Waals surface area contributed by atoms with Crippen molar-refractivity contribution in [2.45, 2.75) is 31.7 Å². The topological polar surface area (TPSA) is 65.0 Å². The van der Waals surface area contributed by atoms with Crippen LogP contribution in [0.2, 0.25) is 0 Å². The van der Waals surface area contributed by atoms with Crippen molar-refractivity contribution < 1.29 is 14.6 Å². The molecule has 2 aromatic rings. The van der Waals surface area contributed by atoms with E-state index in [4.69, 9.17) is 4.74 Å². The minimum Gasteiger partial charge on any atom is -0.508 e. The van der Waals surface area contributed by atoms with Crippen LogP contribution in [-0.2, 0) is 11.2 Å². The van der Waals surface area contributed by atoms with Gasteiger partial charge in [0.05, 0.1) is 13.5 Å². The number of nitrogens with zero attached hydrogens (tertiary/aromatic N) is 2. The Morgan fingerprint density at radius 3 is 2.76 bits per heavy atom. The van der Waals surface area contributed by atoms with Crippen LogP contribution in [0.4, 0.5) is 0 Å². The zero-order chi connectivity index (χ0) is 23.8. The van der Waals surface area contributed by atoms with Gasteiger partial charge in [0.15, 0.2) is 0 Å². The second-order valence-electron chi connectivity index (χ2n) is 8.75. The molecule has 6 nitrogen and oxygen atoms in total. The maximum absolute atomic E-state index is 12.5. The van der Waals surface area contributed by atoms with Crippen LogP contribution in [0, 0.1) is 0 Å². The van der Waals surface area contributed by atoms with E-state index in [-0.39, 0.29) is 11.9 Å². The molecule has 0 radical (unpaired) electrons. The molecule has 2 aromatic carbocycles. The molecule has 34 heavy (non-hydrogen) atoms. The number of phenolic OH excluding ortho intramolecular Hbond substituents is 1. The first-order valence-corrected chi connectivity index (χ1v) is 12.7. The lowest BCUT2D eigenvalue weighted by atomic mass is 10.0. The highest BCUT2D eigenvalue weighted by Gasteiger charge is 2.20. The highest BCUT2D eigenvalue weighted by molar-refractivity contribution is 8.10. The van der Waals surface area contributed by atoms with E-state index < -0.39 is 0 Å². The molecule has 7 heteroatoms. The van der Waals surface area contributed by atoms with Gasteiger partial charge in [0.1, 0.15) is 11.5 Å². The fraction of sp³-hybridized carbons (Fsp3) is 0.370. The predicted molar refractivity (Wildman–Crippen MR) is 138 cm³/mol. The molecule has 0 aliphatic carbocycles. The van der Waals surface area contributed by atoms with Gasteiger partial charge in [0, 0.05) is 43.0 Å². The summed E-state index contributed by atoms with van der Waals surface area (Å²) in [7, 11) is 1.64. The van der Waals surface area contributed by atoms with Crippen molar-refractivity contribution in [1.82, 2.24) is 15.1 Å². The van der Waals surface area contributed by atoms with Crippen molar-refractivity contribution in [3.05, 3.63) is 77.5 Å². The van der Waals surface area contributed by atoms with E-state index >= 15 is 0 Å².